The lowest BCUT2D eigenvalue weighted by Crippen LogP contribution is -2.23. The van der Waals surface area contributed by atoms with Gasteiger partial charge in [-0.05, 0) is 50.1 Å². The van der Waals surface area contributed by atoms with Crippen molar-refractivity contribution in [2.45, 2.75) is 46.2 Å². The Morgan fingerprint density at radius 1 is 1.09 bits per heavy atom. The minimum absolute atomic E-state index is 0.0390. The first-order valence-electron chi connectivity index (χ1n) is 10.9. The number of amides is 1. The predicted octanol–water partition coefficient (Wildman–Crippen LogP) is 4.38. The van der Waals surface area contributed by atoms with Crippen molar-refractivity contribution in [3.8, 4) is 11.4 Å². The van der Waals surface area contributed by atoms with Crippen LogP contribution in [0.5, 0.6) is 0 Å². The van der Waals surface area contributed by atoms with Gasteiger partial charge in [0.25, 0.3) is 0 Å². The molecule has 0 atom stereocenters. The number of hydrogen-bond acceptors (Lipinski definition) is 5. The van der Waals surface area contributed by atoms with Crippen molar-refractivity contribution in [1.82, 2.24) is 25.2 Å². The van der Waals surface area contributed by atoms with Gasteiger partial charge in [-0.15, -0.1) is 0 Å². The van der Waals surface area contributed by atoms with Gasteiger partial charge in [-0.2, -0.15) is 10.1 Å². The highest BCUT2D eigenvalue weighted by Crippen LogP contribution is 2.17. The minimum atomic E-state index is -0.317. The molecule has 0 aliphatic rings. The summed E-state index contributed by atoms with van der Waals surface area (Å²) in [5.74, 6) is 0.509. The van der Waals surface area contributed by atoms with Crippen molar-refractivity contribution in [3.05, 3.63) is 88.8 Å². The largest absolute Gasteiger partial charge is 0.352 e. The average molecular weight is 448 g/mol. The van der Waals surface area contributed by atoms with E-state index in [1.807, 2.05) is 36.7 Å². The molecule has 0 saturated carbocycles. The van der Waals surface area contributed by atoms with Crippen LogP contribution in [0, 0.1) is 19.7 Å². The number of hydrogen-bond donors (Lipinski definition) is 1. The quantitative estimate of drug-likeness (QED) is 0.412. The van der Waals surface area contributed by atoms with Crippen molar-refractivity contribution in [3.63, 3.8) is 0 Å². The summed E-state index contributed by atoms with van der Waals surface area (Å²) in [6, 6.07) is 16.1. The van der Waals surface area contributed by atoms with E-state index in [0.717, 1.165) is 17.0 Å². The molecule has 170 valence electrons. The summed E-state index contributed by atoms with van der Waals surface area (Å²) in [6.45, 7) is 5.13. The number of rotatable bonds is 9. The van der Waals surface area contributed by atoms with E-state index in [1.165, 1.54) is 17.7 Å². The van der Waals surface area contributed by atoms with E-state index in [4.69, 9.17) is 4.52 Å². The second kappa shape index (κ2) is 10.2. The smallest absolute Gasteiger partial charge is 0.226 e. The van der Waals surface area contributed by atoms with Crippen LogP contribution in [0.2, 0.25) is 0 Å². The van der Waals surface area contributed by atoms with Crippen molar-refractivity contribution in [1.29, 1.82) is 0 Å². The molecule has 0 aliphatic heterocycles. The molecule has 0 saturated heterocycles. The van der Waals surface area contributed by atoms with E-state index < -0.39 is 0 Å². The third-order valence-corrected chi connectivity index (χ3v) is 5.53. The van der Waals surface area contributed by atoms with Crippen LogP contribution in [0.15, 0.2) is 59.1 Å². The van der Waals surface area contributed by atoms with Gasteiger partial charge >= 0.3 is 0 Å². The van der Waals surface area contributed by atoms with Gasteiger partial charge in [-0.3, -0.25) is 9.48 Å². The summed E-state index contributed by atoms with van der Waals surface area (Å²) >= 11 is 0. The van der Waals surface area contributed by atoms with Gasteiger partial charge in [-0.1, -0.05) is 35.5 Å². The summed E-state index contributed by atoms with van der Waals surface area (Å²) in [6.07, 6.45) is 1.43. The maximum absolute atomic E-state index is 13.0. The summed E-state index contributed by atoms with van der Waals surface area (Å²) < 4.78 is 20.3. The fourth-order valence-electron chi connectivity index (χ4n) is 3.65. The molecule has 0 spiro atoms. The second-order valence-electron chi connectivity index (χ2n) is 7.94. The third-order valence-electron chi connectivity index (χ3n) is 5.53. The Morgan fingerprint density at radius 2 is 1.85 bits per heavy atom. The van der Waals surface area contributed by atoms with Crippen molar-refractivity contribution >= 4 is 5.91 Å². The Bertz CT molecular complexity index is 1220. The molecule has 2 aromatic carbocycles. The van der Waals surface area contributed by atoms with Crippen LogP contribution in [0.4, 0.5) is 4.39 Å². The van der Waals surface area contributed by atoms with Gasteiger partial charge in [0.1, 0.15) is 5.82 Å². The molecule has 0 radical (unpaired) electrons. The molecule has 0 fully saturated rings. The van der Waals surface area contributed by atoms with Crippen molar-refractivity contribution in [2.24, 2.45) is 0 Å². The van der Waals surface area contributed by atoms with Crippen LogP contribution in [-0.4, -0.2) is 25.8 Å². The number of nitrogens with one attached hydrogen (secondary N) is 1. The molecule has 4 rings (SSSR count). The molecule has 33 heavy (non-hydrogen) atoms. The first-order valence-corrected chi connectivity index (χ1v) is 10.9. The zero-order valence-corrected chi connectivity index (χ0v) is 18.7. The number of benzene rings is 2. The molecule has 4 aromatic rings. The summed E-state index contributed by atoms with van der Waals surface area (Å²) in [4.78, 5) is 16.7. The summed E-state index contributed by atoms with van der Waals surface area (Å²) in [5.41, 5.74) is 4.88. The topological polar surface area (TPSA) is 85.8 Å². The predicted molar refractivity (Wildman–Crippen MR) is 122 cm³/mol. The molecule has 0 bridgehead atoms. The number of halogens is 1. The van der Waals surface area contributed by atoms with E-state index in [0.29, 0.717) is 49.6 Å². The zero-order valence-electron chi connectivity index (χ0n) is 18.7. The molecule has 0 unspecified atom stereocenters. The lowest BCUT2D eigenvalue weighted by atomic mass is 10.1. The van der Waals surface area contributed by atoms with Gasteiger partial charge in [0, 0.05) is 36.2 Å². The lowest BCUT2D eigenvalue weighted by Gasteiger charge is -2.07. The molecular weight excluding hydrogens is 421 g/mol. The van der Waals surface area contributed by atoms with E-state index in [-0.39, 0.29) is 11.7 Å². The SMILES string of the molecule is Cc1nn(Cc2ccccc2)c(C)c1CNC(=O)CCCc1nc(-c2ccc(F)cc2)no1. The zero-order chi connectivity index (χ0) is 23.2. The van der Waals surface area contributed by atoms with Crippen LogP contribution in [0.1, 0.15) is 41.2 Å². The normalized spacial score (nSPS) is 11.0. The van der Waals surface area contributed by atoms with Crippen LogP contribution in [0.3, 0.4) is 0 Å². The number of aryl methyl sites for hydroxylation is 2. The highest BCUT2D eigenvalue weighted by molar-refractivity contribution is 5.75. The van der Waals surface area contributed by atoms with E-state index in [9.17, 15) is 9.18 Å². The van der Waals surface area contributed by atoms with Gasteiger partial charge < -0.3 is 9.84 Å². The van der Waals surface area contributed by atoms with Gasteiger partial charge in [0.15, 0.2) is 0 Å². The molecule has 2 heterocycles. The van der Waals surface area contributed by atoms with E-state index >= 15 is 0 Å². The first-order chi connectivity index (χ1) is 16.0. The summed E-state index contributed by atoms with van der Waals surface area (Å²) in [7, 11) is 0. The van der Waals surface area contributed by atoms with E-state index in [2.05, 4.69) is 32.7 Å². The standard InChI is InChI=1S/C25H26FN5O2/c1-17-22(18(2)31(29-17)16-19-7-4-3-5-8-19)15-27-23(32)9-6-10-24-28-25(30-33-24)20-11-13-21(26)14-12-20/h3-5,7-8,11-14H,6,9-10,15-16H2,1-2H3,(H,27,32). The van der Waals surface area contributed by atoms with Crippen LogP contribution < -0.4 is 5.32 Å². The summed E-state index contributed by atoms with van der Waals surface area (Å²) in [5, 5.41) is 11.5. The molecule has 2 aromatic heterocycles. The molecule has 8 heteroatoms. The minimum Gasteiger partial charge on any atom is -0.352 e. The fraction of sp³-hybridized carbons (Fsp3) is 0.280. The molecule has 0 aliphatic carbocycles. The van der Waals surface area contributed by atoms with Gasteiger partial charge in [0.05, 0.1) is 12.2 Å². The maximum atomic E-state index is 13.0. The lowest BCUT2D eigenvalue weighted by molar-refractivity contribution is -0.121. The Hall–Kier alpha value is -3.81. The molecule has 1 amide bonds. The molecule has 1 N–H and O–H groups in total. The maximum Gasteiger partial charge on any atom is 0.226 e. The van der Waals surface area contributed by atoms with Gasteiger partial charge in [-0.25, -0.2) is 4.39 Å². The van der Waals surface area contributed by atoms with Crippen molar-refractivity contribution in [2.75, 3.05) is 0 Å². The molecule has 7 nitrogen and oxygen atoms in total. The number of nitrogens with zero attached hydrogens (tertiary/aromatic N) is 4. The Morgan fingerprint density at radius 3 is 2.61 bits per heavy atom. The monoisotopic (exact) mass is 447 g/mol. The Kier molecular flexibility index (Phi) is 6.92. The van der Waals surface area contributed by atoms with Crippen LogP contribution in [-0.2, 0) is 24.3 Å². The number of carbonyl (C=O) groups excluding carboxylic acids is 1. The van der Waals surface area contributed by atoms with E-state index in [1.54, 1.807) is 12.1 Å². The van der Waals surface area contributed by atoms with Gasteiger partial charge in [0.2, 0.25) is 17.6 Å². The van der Waals surface area contributed by atoms with Crippen LogP contribution >= 0.6 is 0 Å². The van der Waals surface area contributed by atoms with Crippen molar-refractivity contribution < 1.29 is 13.7 Å². The number of aromatic nitrogens is 4. The average Bonchev–Trinajstić information content (AvgIpc) is 3.38. The highest BCUT2D eigenvalue weighted by atomic mass is 19.1. The molecular formula is C25H26FN5O2. The first kappa shape index (κ1) is 22.4. The fourth-order valence-corrected chi connectivity index (χ4v) is 3.65. The third kappa shape index (κ3) is 5.71. The Labute approximate surface area is 191 Å². The second-order valence-corrected chi connectivity index (χ2v) is 7.94. The number of carbonyl (C=O) groups is 1. The highest BCUT2D eigenvalue weighted by Gasteiger charge is 2.14. The van der Waals surface area contributed by atoms with Crippen LogP contribution in [0.25, 0.3) is 11.4 Å². The Balaban J connectivity index is 1.25.